The highest BCUT2D eigenvalue weighted by molar-refractivity contribution is 5.86. The molecule has 0 saturated heterocycles. The summed E-state index contributed by atoms with van der Waals surface area (Å²) < 4.78 is 5.92. The van der Waals surface area contributed by atoms with Crippen molar-refractivity contribution in [3.63, 3.8) is 0 Å². The van der Waals surface area contributed by atoms with Crippen LogP contribution in [0.5, 0.6) is 5.75 Å². The second-order valence-corrected chi connectivity index (χ2v) is 6.49. The fourth-order valence-electron chi connectivity index (χ4n) is 3.13. The minimum absolute atomic E-state index is 0.323. The molecule has 1 atom stereocenters. The van der Waals surface area contributed by atoms with Gasteiger partial charge in [0, 0.05) is 6.42 Å². The number of aliphatic carboxylic acids is 1. The zero-order chi connectivity index (χ0) is 18.0. The Balaban J connectivity index is 1.94. The standard InChI is InChI=1S/C22H22O3/c1-14-11-15(2)16(3)20(12-14)25-21(22(23)24)13-18-9-6-8-17-7-4-5-10-19(17)18/h4-12,21H,13H2,1-3H3,(H,23,24)/t21-/m1/s1. The van der Waals surface area contributed by atoms with Gasteiger partial charge in [-0.1, -0.05) is 48.5 Å². The number of ether oxygens (including phenoxy) is 1. The van der Waals surface area contributed by atoms with Crippen molar-refractivity contribution in [1.29, 1.82) is 0 Å². The lowest BCUT2D eigenvalue weighted by molar-refractivity contribution is -0.145. The summed E-state index contributed by atoms with van der Waals surface area (Å²) in [6, 6.07) is 17.9. The molecular formula is C22H22O3. The van der Waals surface area contributed by atoms with Crippen LogP contribution < -0.4 is 4.74 Å². The molecule has 25 heavy (non-hydrogen) atoms. The Morgan fingerprint density at radius 2 is 1.76 bits per heavy atom. The molecule has 0 aromatic heterocycles. The van der Waals surface area contributed by atoms with Crippen LogP contribution in [0.1, 0.15) is 22.3 Å². The summed E-state index contributed by atoms with van der Waals surface area (Å²) in [6.45, 7) is 5.95. The minimum Gasteiger partial charge on any atom is -0.478 e. The second-order valence-electron chi connectivity index (χ2n) is 6.49. The molecule has 0 radical (unpaired) electrons. The Hall–Kier alpha value is -2.81. The molecule has 1 N–H and O–H groups in total. The molecule has 128 valence electrons. The smallest absolute Gasteiger partial charge is 0.345 e. The Labute approximate surface area is 147 Å². The Bertz CT molecular complexity index is 922. The van der Waals surface area contributed by atoms with E-state index in [0.29, 0.717) is 12.2 Å². The van der Waals surface area contributed by atoms with Gasteiger partial charge in [-0.05, 0) is 59.9 Å². The van der Waals surface area contributed by atoms with Gasteiger partial charge in [-0.3, -0.25) is 0 Å². The van der Waals surface area contributed by atoms with Crippen molar-refractivity contribution in [1.82, 2.24) is 0 Å². The first-order chi connectivity index (χ1) is 12.0. The van der Waals surface area contributed by atoms with Crippen LogP contribution in [0.4, 0.5) is 0 Å². The normalized spacial score (nSPS) is 12.1. The first-order valence-corrected chi connectivity index (χ1v) is 8.39. The molecule has 0 bridgehead atoms. The van der Waals surface area contributed by atoms with E-state index in [9.17, 15) is 9.90 Å². The van der Waals surface area contributed by atoms with E-state index in [1.807, 2.05) is 69.3 Å². The van der Waals surface area contributed by atoms with Crippen molar-refractivity contribution in [2.45, 2.75) is 33.3 Å². The van der Waals surface area contributed by atoms with Crippen molar-refractivity contribution in [3.05, 3.63) is 76.9 Å². The number of carboxylic acid groups (broad SMARTS) is 1. The molecule has 0 heterocycles. The molecule has 0 spiro atoms. The third kappa shape index (κ3) is 3.66. The molecule has 3 aromatic carbocycles. The zero-order valence-corrected chi connectivity index (χ0v) is 14.7. The Kier molecular flexibility index (Phi) is 4.75. The van der Waals surface area contributed by atoms with Crippen molar-refractivity contribution in [3.8, 4) is 5.75 Å². The predicted molar refractivity (Wildman–Crippen MR) is 100 cm³/mol. The molecule has 3 nitrogen and oxygen atoms in total. The topological polar surface area (TPSA) is 46.5 Å². The molecule has 0 aliphatic heterocycles. The first-order valence-electron chi connectivity index (χ1n) is 8.39. The maximum atomic E-state index is 11.8. The van der Waals surface area contributed by atoms with E-state index in [0.717, 1.165) is 33.0 Å². The van der Waals surface area contributed by atoms with Gasteiger partial charge in [0.25, 0.3) is 0 Å². The summed E-state index contributed by atoms with van der Waals surface area (Å²) in [5.41, 5.74) is 4.12. The third-order valence-corrected chi connectivity index (χ3v) is 4.59. The molecular weight excluding hydrogens is 312 g/mol. The SMILES string of the molecule is Cc1cc(C)c(C)c(O[C@H](Cc2cccc3ccccc23)C(=O)O)c1. The van der Waals surface area contributed by atoms with Gasteiger partial charge in [0.2, 0.25) is 0 Å². The largest absolute Gasteiger partial charge is 0.478 e. The number of hydrogen-bond donors (Lipinski definition) is 1. The van der Waals surface area contributed by atoms with Crippen molar-refractivity contribution in [2.24, 2.45) is 0 Å². The summed E-state index contributed by atoms with van der Waals surface area (Å²) in [5.74, 6) is -0.309. The van der Waals surface area contributed by atoms with E-state index >= 15 is 0 Å². The first kappa shape index (κ1) is 17.0. The number of aryl methyl sites for hydroxylation is 2. The monoisotopic (exact) mass is 334 g/mol. The number of hydrogen-bond acceptors (Lipinski definition) is 2. The van der Waals surface area contributed by atoms with E-state index < -0.39 is 12.1 Å². The molecule has 0 aliphatic rings. The van der Waals surface area contributed by atoms with E-state index in [1.165, 1.54) is 0 Å². The maximum absolute atomic E-state index is 11.8. The zero-order valence-electron chi connectivity index (χ0n) is 14.7. The summed E-state index contributed by atoms with van der Waals surface area (Å²) in [6.07, 6.45) is -0.603. The van der Waals surface area contributed by atoms with Gasteiger partial charge in [-0.2, -0.15) is 0 Å². The van der Waals surface area contributed by atoms with Gasteiger partial charge < -0.3 is 9.84 Å². The average Bonchev–Trinajstić information content (AvgIpc) is 2.58. The highest BCUT2D eigenvalue weighted by atomic mass is 16.5. The van der Waals surface area contributed by atoms with Crippen LogP contribution in [0.3, 0.4) is 0 Å². The summed E-state index contributed by atoms with van der Waals surface area (Å²) in [5, 5.41) is 11.8. The van der Waals surface area contributed by atoms with E-state index in [4.69, 9.17) is 4.74 Å². The number of fused-ring (bicyclic) bond motifs is 1. The second kappa shape index (κ2) is 6.98. The summed E-state index contributed by atoms with van der Waals surface area (Å²) >= 11 is 0. The molecule has 0 aliphatic carbocycles. The molecule has 0 fully saturated rings. The molecule has 3 heteroatoms. The lowest BCUT2D eigenvalue weighted by atomic mass is 9.99. The third-order valence-electron chi connectivity index (χ3n) is 4.59. The van der Waals surface area contributed by atoms with Crippen LogP contribution in [-0.2, 0) is 11.2 Å². The lowest BCUT2D eigenvalue weighted by Crippen LogP contribution is -2.29. The highest BCUT2D eigenvalue weighted by Gasteiger charge is 2.22. The fraction of sp³-hybridized carbons (Fsp3) is 0.227. The van der Waals surface area contributed by atoms with E-state index in [-0.39, 0.29) is 0 Å². The van der Waals surface area contributed by atoms with Gasteiger partial charge in [0.15, 0.2) is 6.10 Å². The number of carboxylic acids is 1. The van der Waals surface area contributed by atoms with Gasteiger partial charge in [-0.25, -0.2) is 4.79 Å². The van der Waals surface area contributed by atoms with Crippen molar-refractivity contribution < 1.29 is 14.6 Å². The Morgan fingerprint density at radius 1 is 1.04 bits per heavy atom. The van der Waals surface area contributed by atoms with Crippen LogP contribution in [0.2, 0.25) is 0 Å². The van der Waals surface area contributed by atoms with Gasteiger partial charge in [-0.15, -0.1) is 0 Å². The average molecular weight is 334 g/mol. The molecule has 3 rings (SSSR count). The van der Waals surface area contributed by atoms with Gasteiger partial charge in [0.1, 0.15) is 5.75 Å². The minimum atomic E-state index is -0.952. The quantitative estimate of drug-likeness (QED) is 0.726. The summed E-state index contributed by atoms with van der Waals surface area (Å²) in [7, 11) is 0. The van der Waals surface area contributed by atoms with Crippen LogP contribution >= 0.6 is 0 Å². The fourth-order valence-corrected chi connectivity index (χ4v) is 3.13. The number of benzene rings is 3. The van der Waals surface area contributed by atoms with Crippen molar-refractivity contribution in [2.75, 3.05) is 0 Å². The van der Waals surface area contributed by atoms with Crippen LogP contribution in [0.25, 0.3) is 10.8 Å². The van der Waals surface area contributed by atoms with Crippen LogP contribution in [0.15, 0.2) is 54.6 Å². The van der Waals surface area contributed by atoms with Crippen LogP contribution in [0, 0.1) is 20.8 Å². The summed E-state index contributed by atoms with van der Waals surface area (Å²) in [4.78, 5) is 11.8. The van der Waals surface area contributed by atoms with E-state index in [1.54, 1.807) is 0 Å². The number of rotatable bonds is 5. The molecule has 3 aromatic rings. The molecule has 0 unspecified atom stereocenters. The van der Waals surface area contributed by atoms with Crippen molar-refractivity contribution >= 4 is 16.7 Å². The lowest BCUT2D eigenvalue weighted by Gasteiger charge is -2.19. The Morgan fingerprint density at radius 3 is 2.52 bits per heavy atom. The molecule has 0 amide bonds. The predicted octanol–water partition coefficient (Wildman–Crippen LogP) is 4.84. The van der Waals surface area contributed by atoms with Gasteiger partial charge >= 0.3 is 5.97 Å². The molecule has 0 saturated carbocycles. The van der Waals surface area contributed by atoms with Crippen LogP contribution in [-0.4, -0.2) is 17.2 Å². The van der Waals surface area contributed by atoms with E-state index in [2.05, 4.69) is 6.07 Å². The van der Waals surface area contributed by atoms with Gasteiger partial charge in [0.05, 0.1) is 0 Å². The number of carbonyl (C=O) groups is 1. The maximum Gasteiger partial charge on any atom is 0.345 e. The highest BCUT2D eigenvalue weighted by Crippen LogP contribution is 2.26.